The molecule has 0 radical (unpaired) electrons. The molecule has 0 aliphatic carbocycles. The number of esters is 1. The fourth-order valence-corrected chi connectivity index (χ4v) is 3.56. The third-order valence-corrected chi connectivity index (χ3v) is 5.26. The molecule has 3 aromatic rings. The van der Waals surface area contributed by atoms with Crippen LogP contribution in [0.5, 0.6) is 5.75 Å². The van der Waals surface area contributed by atoms with Crippen LogP contribution in [0.4, 0.5) is 10.1 Å². The lowest BCUT2D eigenvalue weighted by atomic mass is 9.90. The van der Waals surface area contributed by atoms with E-state index in [1.165, 1.54) is 36.4 Å². The Hall–Kier alpha value is -3.80. The summed E-state index contributed by atoms with van der Waals surface area (Å²) >= 11 is 0. The molecule has 0 fully saturated rings. The van der Waals surface area contributed by atoms with Crippen molar-refractivity contribution in [2.45, 2.75) is 19.3 Å². The maximum Gasteiger partial charge on any atom is 0.311 e. The first kappa shape index (κ1) is 20.5. The summed E-state index contributed by atoms with van der Waals surface area (Å²) in [7, 11) is 0. The van der Waals surface area contributed by atoms with E-state index in [1.807, 2.05) is 24.3 Å². The third kappa shape index (κ3) is 4.86. The molecule has 1 atom stereocenters. The number of fused-ring (bicyclic) bond motifs is 1. The summed E-state index contributed by atoms with van der Waals surface area (Å²) in [6, 6.07) is 19.1. The summed E-state index contributed by atoms with van der Waals surface area (Å²) in [6.07, 6.45) is 1.09. The van der Waals surface area contributed by atoms with Gasteiger partial charge in [0, 0.05) is 29.2 Å². The van der Waals surface area contributed by atoms with Gasteiger partial charge in [-0.3, -0.25) is 14.4 Å². The molecule has 0 bridgehead atoms. The maximum absolute atomic E-state index is 13.0. The fourth-order valence-electron chi connectivity index (χ4n) is 3.56. The van der Waals surface area contributed by atoms with Crippen molar-refractivity contribution in [2.75, 3.05) is 5.32 Å². The molecule has 3 aromatic carbocycles. The number of halogens is 1. The van der Waals surface area contributed by atoms with Gasteiger partial charge < -0.3 is 10.1 Å². The van der Waals surface area contributed by atoms with E-state index in [2.05, 4.69) is 5.32 Å². The predicted molar refractivity (Wildman–Crippen MR) is 113 cm³/mol. The van der Waals surface area contributed by atoms with E-state index < -0.39 is 11.8 Å². The van der Waals surface area contributed by atoms with Crippen molar-refractivity contribution in [2.24, 2.45) is 5.92 Å². The van der Waals surface area contributed by atoms with Crippen LogP contribution in [0.1, 0.15) is 34.3 Å². The van der Waals surface area contributed by atoms with Gasteiger partial charge in [-0.25, -0.2) is 4.39 Å². The van der Waals surface area contributed by atoms with Gasteiger partial charge in [-0.2, -0.15) is 0 Å². The monoisotopic (exact) mass is 417 g/mol. The molecule has 0 aromatic heterocycles. The van der Waals surface area contributed by atoms with E-state index in [4.69, 9.17) is 4.74 Å². The highest BCUT2D eigenvalue weighted by Crippen LogP contribution is 2.27. The van der Waals surface area contributed by atoms with Crippen molar-refractivity contribution in [1.29, 1.82) is 0 Å². The number of nitrogens with one attached hydrogen (secondary N) is 1. The zero-order valence-corrected chi connectivity index (χ0v) is 16.6. The van der Waals surface area contributed by atoms with E-state index in [0.29, 0.717) is 29.7 Å². The van der Waals surface area contributed by atoms with Crippen molar-refractivity contribution in [3.05, 3.63) is 95.3 Å². The number of carbonyl (C=O) groups excluding carboxylic acids is 3. The minimum atomic E-state index is -0.440. The minimum Gasteiger partial charge on any atom is -0.427 e. The van der Waals surface area contributed by atoms with Crippen LogP contribution in [0, 0.1) is 11.7 Å². The van der Waals surface area contributed by atoms with Gasteiger partial charge in [0.1, 0.15) is 11.6 Å². The van der Waals surface area contributed by atoms with Gasteiger partial charge >= 0.3 is 5.97 Å². The lowest BCUT2D eigenvalue weighted by Gasteiger charge is -2.24. The Kier molecular flexibility index (Phi) is 5.89. The van der Waals surface area contributed by atoms with Crippen LogP contribution >= 0.6 is 0 Å². The van der Waals surface area contributed by atoms with Crippen LogP contribution in [-0.4, -0.2) is 17.7 Å². The Labute approximate surface area is 178 Å². The molecule has 4 rings (SSSR count). The van der Waals surface area contributed by atoms with E-state index in [-0.39, 0.29) is 24.0 Å². The van der Waals surface area contributed by atoms with Crippen LogP contribution in [0.3, 0.4) is 0 Å². The molecule has 1 heterocycles. The van der Waals surface area contributed by atoms with Crippen LogP contribution < -0.4 is 10.1 Å². The first-order valence-electron chi connectivity index (χ1n) is 9.99. The average Bonchev–Trinajstić information content (AvgIpc) is 2.78. The molecule has 0 spiro atoms. The van der Waals surface area contributed by atoms with Crippen molar-refractivity contribution in [3.8, 4) is 5.75 Å². The smallest absolute Gasteiger partial charge is 0.311 e. The number of ketones is 1. The SMILES string of the molecule is O=C(CCC1Cc2ccccc2NC1=O)Oc1ccc(C(=O)c2ccc(F)cc2)cc1. The molecule has 0 saturated carbocycles. The van der Waals surface area contributed by atoms with Crippen molar-refractivity contribution < 1.29 is 23.5 Å². The molecular weight excluding hydrogens is 397 g/mol. The largest absolute Gasteiger partial charge is 0.427 e. The molecule has 1 N–H and O–H groups in total. The number of anilines is 1. The summed E-state index contributed by atoms with van der Waals surface area (Å²) in [4.78, 5) is 36.9. The second-order valence-electron chi connectivity index (χ2n) is 7.42. The molecule has 5 nitrogen and oxygen atoms in total. The first-order valence-corrected chi connectivity index (χ1v) is 9.99. The van der Waals surface area contributed by atoms with E-state index in [1.54, 1.807) is 12.1 Å². The molecule has 6 heteroatoms. The number of hydrogen-bond donors (Lipinski definition) is 1. The number of carbonyl (C=O) groups is 3. The normalized spacial score (nSPS) is 15.0. The second kappa shape index (κ2) is 8.92. The molecule has 1 aliphatic heterocycles. The number of ether oxygens (including phenoxy) is 1. The standard InChI is InChI=1S/C25H20FNO4/c26-20-10-5-16(6-11-20)24(29)17-7-12-21(13-8-17)31-23(28)14-9-19-15-18-3-1-2-4-22(18)27-25(19)30/h1-8,10-13,19H,9,14-15H2,(H,27,30). The molecule has 31 heavy (non-hydrogen) atoms. The van der Waals surface area contributed by atoms with Crippen LogP contribution in [0.2, 0.25) is 0 Å². The Balaban J connectivity index is 1.31. The highest BCUT2D eigenvalue weighted by atomic mass is 19.1. The van der Waals surface area contributed by atoms with E-state index in [0.717, 1.165) is 11.3 Å². The van der Waals surface area contributed by atoms with Gasteiger partial charge in [0.2, 0.25) is 5.91 Å². The fraction of sp³-hybridized carbons (Fsp3) is 0.160. The number of rotatable bonds is 6. The Bertz CT molecular complexity index is 1120. The van der Waals surface area contributed by atoms with Gasteiger partial charge in [0.15, 0.2) is 5.78 Å². The average molecular weight is 417 g/mol. The zero-order chi connectivity index (χ0) is 21.8. The van der Waals surface area contributed by atoms with Gasteiger partial charge in [0.05, 0.1) is 0 Å². The van der Waals surface area contributed by atoms with Gasteiger partial charge in [0.25, 0.3) is 0 Å². The Morgan fingerprint density at radius 2 is 1.58 bits per heavy atom. The van der Waals surface area contributed by atoms with Crippen molar-refractivity contribution in [3.63, 3.8) is 0 Å². The van der Waals surface area contributed by atoms with E-state index >= 15 is 0 Å². The minimum absolute atomic E-state index is 0.0878. The Morgan fingerprint density at radius 3 is 2.29 bits per heavy atom. The number of para-hydroxylation sites is 1. The van der Waals surface area contributed by atoms with Crippen LogP contribution in [-0.2, 0) is 16.0 Å². The van der Waals surface area contributed by atoms with Crippen LogP contribution in [0.25, 0.3) is 0 Å². The first-order chi connectivity index (χ1) is 15.0. The molecule has 1 aliphatic rings. The van der Waals surface area contributed by atoms with Gasteiger partial charge in [-0.05, 0) is 73.0 Å². The number of hydrogen-bond acceptors (Lipinski definition) is 4. The molecular formula is C25H20FNO4. The summed E-state index contributed by atoms with van der Waals surface area (Å²) in [6.45, 7) is 0. The summed E-state index contributed by atoms with van der Waals surface area (Å²) in [5, 5.41) is 2.87. The number of benzene rings is 3. The summed E-state index contributed by atoms with van der Waals surface area (Å²) in [5.41, 5.74) is 2.66. The topological polar surface area (TPSA) is 72.5 Å². The Morgan fingerprint density at radius 1 is 0.935 bits per heavy atom. The lowest BCUT2D eigenvalue weighted by Crippen LogP contribution is -2.30. The zero-order valence-electron chi connectivity index (χ0n) is 16.6. The van der Waals surface area contributed by atoms with Crippen molar-refractivity contribution in [1.82, 2.24) is 0 Å². The maximum atomic E-state index is 13.0. The number of amides is 1. The highest BCUT2D eigenvalue weighted by molar-refractivity contribution is 6.09. The molecule has 1 amide bonds. The van der Waals surface area contributed by atoms with Crippen molar-refractivity contribution >= 4 is 23.3 Å². The predicted octanol–water partition coefficient (Wildman–Crippen LogP) is 4.55. The molecule has 1 unspecified atom stereocenters. The second-order valence-corrected chi connectivity index (χ2v) is 7.42. The summed E-state index contributed by atoms with van der Waals surface area (Å²) in [5.74, 6) is -1.15. The summed E-state index contributed by atoms with van der Waals surface area (Å²) < 4.78 is 18.3. The van der Waals surface area contributed by atoms with Gasteiger partial charge in [-0.15, -0.1) is 0 Å². The quantitative estimate of drug-likeness (QED) is 0.363. The molecule has 0 saturated heterocycles. The van der Waals surface area contributed by atoms with Gasteiger partial charge in [-0.1, -0.05) is 18.2 Å². The lowest BCUT2D eigenvalue weighted by molar-refractivity contribution is -0.134. The molecule has 156 valence electrons. The third-order valence-electron chi connectivity index (χ3n) is 5.26. The van der Waals surface area contributed by atoms with E-state index in [9.17, 15) is 18.8 Å². The van der Waals surface area contributed by atoms with Crippen LogP contribution in [0.15, 0.2) is 72.8 Å². The highest BCUT2D eigenvalue weighted by Gasteiger charge is 2.26.